The van der Waals surface area contributed by atoms with Gasteiger partial charge < -0.3 is 24.8 Å². The van der Waals surface area contributed by atoms with E-state index < -0.39 is 0 Å². The molecule has 0 aromatic heterocycles. The van der Waals surface area contributed by atoms with E-state index in [9.17, 15) is 0 Å². The van der Waals surface area contributed by atoms with E-state index in [1.165, 1.54) is 66.8 Å². The normalized spacial score (nSPS) is 16.1. The molecule has 0 bridgehead atoms. The van der Waals surface area contributed by atoms with Gasteiger partial charge in [0.25, 0.3) is 0 Å². The number of rotatable bonds is 4. The van der Waals surface area contributed by atoms with Gasteiger partial charge in [0.1, 0.15) is 0 Å². The van der Waals surface area contributed by atoms with Crippen molar-refractivity contribution in [2.45, 2.75) is 106 Å². The Morgan fingerprint density at radius 1 is 0.667 bits per heavy atom. The van der Waals surface area contributed by atoms with Crippen LogP contribution < -0.4 is 24.8 Å². The molecule has 0 fully saturated rings. The van der Waals surface area contributed by atoms with Gasteiger partial charge in [-0.15, -0.1) is 18.1 Å². The summed E-state index contributed by atoms with van der Waals surface area (Å²) >= 11 is 1.55. The molecule has 4 aliphatic carbocycles. The standard InChI is InChI=1S/C31H37.C15H14.C5H5.2ClH.Zr/c1-28(2,3)26-16-30(7,8)24-12-18-11-19-13-25-23(15-21(19)20(18)14-22(24)26)27(29(4,5)6)17-31(25,9)10;1-3-8-14(9-4-1)12-7-13-15-10-5-2-6-11-15;1-2-4-5-3-1;;;/h12-16H,11H2,1-10H3;1-6,8-11H,12-13H2;1-3H,4H2;2*1H;/q-1;;-1;;;+2/p-2. The fraction of sp³-hybridized carbons (Fsp3) is 0.353. The van der Waals surface area contributed by atoms with Crippen molar-refractivity contribution < 1.29 is 49.0 Å². The first kappa shape index (κ1) is 43.9. The maximum atomic E-state index is 3.85. The Balaban J connectivity index is 0.000000236. The molecular weight excluding hydrogens is 775 g/mol. The zero-order valence-corrected chi connectivity index (χ0v) is 37.9. The fourth-order valence-electron chi connectivity index (χ4n) is 8.03. The molecule has 0 aliphatic heterocycles. The summed E-state index contributed by atoms with van der Waals surface area (Å²) in [5.41, 5.74) is 17.7. The summed E-state index contributed by atoms with van der Waals surface area (Å²) in [6, 6.07) is 31.4. The van der Waals surface area contributed by atoms with Gasteiger partial charge in [0.15, 0.2) is 0 Å². The van der Waals surface area contributed by atoms with Crippen LogP contribution in [0, 0.1) is 23.0 Å². The number of hydrogen-bond acceptors (Lipinski definition) is 0. The van der Waals surface area contributed by atoms with E-state index in [1.54, 1.807) is 27.4 Å². The van der Waals surface area contributed by atoms with Crippen molar-refractivity contribution in [1.82, 2.24) is 0 Å². The average Bonchev–Trinajstić information content (AvgIpc) is 3.86. The predicted molar refractivity (Wildman–Crippen MR) is 221 cm³/mol. The molecule has 8 rings (SSSR count). The summed E-state index contributed by atoms with van der Waals surface area (Å²) in [5.74, 6) is 0. The van der Waals surface area contributed by atoms with E-state index in [0.717, 1.165) is 25.7 Å². The van der Waals surface area contributed by atoms with Crippen LogP contribution in [0.25, 0.3) is 22.3 Å². The van der Waals surface area contributed by atoms with Gasteiger partial charge in [-0.2, -0.15) is 11.6 Å². The molecule has 0 saturated carbocycles. The Labute approximate surface area is 354 Å². The molecule has 0 heterocycles. The maximum absolute atomic E-state index is 3.85. The summed E-state index contributed by atoms with van der Waals surface area (Å²) < 4.78 is 1.60. The summed E-state index contributed by atoms with van der Waals surface area (Å²) in [4.78, 5) is 0. The van der Waals surface area contributed by atoms with E-state index in [4.69, 9.17) is 0 Å². The molecule has 280 valence electrons. The van der Waals surface area contributed by atoms with Crippen LogP contribution in [0.2, 0.25) is 0 Å². The molecule has 4 aromatic carbocycles. The van der Waals surface area contributed by atoms with Gasteiger partial charge in [-0.3, -0.25) is 12.2 Å². The second kappa shape index (κ2) is 17.1. The SMILES string of the molecule is CC(C)(C)C1=[C-]C(C)(C)c2cc3c(cc21)-c1cc2c(cc1C3)C(C)(C)C=C2C(C)(C)C.[C-]1=CC=CC1.[Cl-].[Cl-].[Zr+2]=[C](Cc1ccccc1)Cc1ccccc1. The Bertz CT molecular complexity index is 1940. The molecular formula is C51H56Cl2Zr-2. The number of fused-ring (bicyclic) bond motifs is 5. The third kappa shape index (κ3) is 9.75. The first-order chi connectivity index (χ1) is 24.4. The second-order valence-electron chi connectivity index (χ2n) is 18.1. The average molecular weight is 831 g/mol. The van der Waals surface area contributed by atoms with Crippen LogP contribution in [0.15, 0.2) is 109 Å². The van der Waals surface area contributed by atoms with Gasteiger partial charge in [0, 0.05) is 5.41 Å². The molecule has 4 aliphatic rings. The van der Waals surface area contributed by atoms with E-state index in [0.29, 0.717) is 0 Å². The van der Waals surface area contributed by atoms with Crippen LogP contribution in [0.1, 0.15) is 120 Å². The zero-order chi connectivity index (χ0) is 37.5. The van der Waals surface area contributed by atoms with E-state index in [1.807, 2.05) is 12.2 Å². The van der Waals surface area contributed by atoms with E-state index >= 15 is 0 Å². The fourth-order valence-corrected chi connectivity index (χ4v) is 9.03. The van der Waals surface area contributed by atoms with Crippen molar-refractivity contribution in [1.29, 1.82) is 0 Å². The Kier molecular flexibility index (Phi) is 13.9. The van der Waals surface area contributed by atoms with Crippen molar-refractivity contribution in [2.75, 3.05) is 0 Å². The molecule has 4 aromatic rings. The van der Waals surface area contributed by atoms with Crippen molar-refractivity contribution in [2.24, 2.45) is 10.8 Å². The Hall–Kier alpha value is -2.83. The van der Waals surface area contributed by atoms with Gasteiger partial charge in [-0.1, -0.05) is 92.9 Å². The van der Waals surface area contributed by atoms with Gasteiger partial charge in [0.2, 0.25) is 0 Å². The van der Waals surface area contributed by atoms with Crippen LogP contribution in [0.4, 0.5) is 0 Å². The third-order valence-corrected chi connectivity index (χ3v) is 11.6. The summed E-state index contributed by atoms with van der Waals surface area (Å²) in [7, 11) is 0. The van der Waals surface area contributed by atoms with Crippen LogP contribution in [0.3, 0.4) is 0 Å². The van der Waals surface area contributed by atoms with Crippen LogP contribution in [0.5, 0.6) is 0 Å². The molecule has 0 unspecified atom stereocenters. The van der Waals surface area contributed by atoms with Gasteiger partial charge >= 0.3 is 112 Å². The van der Waals surface area contributed by atoms with Crippen molar-refractivity contribution in [3.05, 3.63) is 166 Å². The molecule has 3 heteroatoms. The molecule has 0 atom stereocenters. The molecule has 0 spiro atoms. The zero-order valence-electron chi connectivity index (χ0n) is 34.0. The molecule has 0 N–H and O–H groups in total. The quantitative estimate of drug-likeness (QED) is 0.171. The first-order valence-electron chi connectivity index (χ1n) is 19.0. The number of halogens is 2. The third-order valence-electron chi connectivity index (χ3n) is 10.7. The molecule has 0 nitrogen and oxygen atoms in total. The Morgan fingerprint density at radius 2 is 1.19 bits per heavy atom. The molecule has 0 amide bonds. The predicted octanol–water partition coefficient (Wildman–Crippen LogP) is 7.01. The molecule has 54 heavy (non-hydrogen) atoms. The van der Waals surface area contributed by atoms with Gasteiger partial charge in [-0.05, 0) is 62.3 Å². The van der Waals surface area contributed by atoms with Crippen molar-refractivity contribution in [3.63, 3.8) is 0 Å². The monoisotopic (exact) mass is 828 g/mol. The summed E-state index contributed by atoms with van der Waals surface area (Å²) in [5, 5.41) is 0. The second-order valence-corrected chi connectivity index (χ2v) is 19.9. The summed E-state index contributed by atoms with van der Waals surface area (Å²) in [6.07, 6.45) is 19.6. The Morgan fingerprint density at radius 3 is 1.63 bits per heavy atom. The van der Waals surface area contributed by atoms with Gasteiger partial charge in [-0.25, -0.2) is 17.7 Å². The minimum absolute atomic E-state index is 0. The summed E-state index contributed by atoms with van der Waals surface area (Å²) in [6.45, 7) is 23.3. The van der Waals surface area contributed by atoms with Crippen LogP contribution in [-0.4, -0.2) is 3.21 Å². The number of benzene rings is 4. The van der Waals surface area contributed by atoms with Crippen molar-refractivity contribution >= 4 is 14.4 Å². The van der Waals surface area contributed by atoms with E-state index in [2.05, 4.69) is 178 Å². The number of hydrogen-bond donors (Lipinski definition) is 0. The minimum atomic E-state index is -0.0202. The molecule has 0 radical (unpaired) electrons. The van der Waals surface area contributed by atoms with Crippen LogP contribution >= 0.6 is 0 Å². The van der Waals surface area contributed by atoms with E-state index in [-0.39, 0.29) is 46.5 Å². The molecule has 0 saturated heterocycles. The number of allylic oxidation sites excluding steroid dienone is 8. The van der Waals surface area contributed by atoms with Crippen molar-refractivity contribution in [3.8, 4) is 11.1 Å². The topological polar surface area (TPSA) is 0 Å². The van der Waals surface area contributed by atoms with Crippen LogP contribution in [-0.2, 0) is 54.3 Å². The van der Waals surface area contributed by atoms with Gasteiger partial charge in [0.05, 0.1) is 0 Å². The first-order valence-corrected chi connectivity index (χ1v) is 20.3.